The fourth-order valence-electron chi connectivity index (χ4n) is 2.04. The van der Waals surface area contributed by atoms with Gasteiger partial charge in [0.2, 0.25) is 0 Å². The molecule has 1 N–H and O–H groups in total. The number of hydrogen-bond acceptors (Lipinski definition) is 2. The third-order valence-electron chi connectivity index (χ3n) is 3.12. The van der Waals surface area contributed by atoms with E-state index in [1.54, 1.807) is 6.07 Å². The van der Waals surface area contributed by atoms with Gasteiger partial charge in [0.15, 0.2) is 0 Å². The predicted molar refractivity (Wildman–Crippen MR) is 80.4 cm³/mol. The molecule has 0 spiro atoms. The fourth-order valence-corrected chi connectivity index (χ4v) is 2.04. The Bertz CT molecular complexity index is 551. The molecular weight excluding hydrogens is 253 g/mol. The smallest absolute Gasteiger partial charge is 0.128 e. The molecule has 0 saturated carbocycles. The molecule has 0 heterocycles. The average molecular weight is 273 g/mol. The lowest BCUT2D eigenvalue weighted by Crippen LogP contribution is -2.12. The van der Waals surface area contributed by atoms with Gasteiger partial charge >= 0.3 is 0 Å². The van der Waals surface area contributed by atoms with E-state index in [0.717, 1.165) is 23.4 Å². The molecule has 3 heteroatoms. The second kappa shape index (κ2) is 7.06. The van der Waals surface area contributed by atoms with E-state index in [2.05, 4.69) is 5.32 Å². The average Bonchev–Trinajstić information content (AvgIpc) is 2.47. The van der Waals surface area contributed by atoms with Crippen molar-refractivity contribution in [1.29, 1.82) is 0 Å². The van der Waals surface area contributed by atoms with Crippen molar-refractivity contribution >= 4 is 0 Å². The van der Waals surface area contributed by atoms with Crippen LogP contribution in [0.1, 0.15) is 19.4 Å². The number of hydrogen-bond donors (Lipinski definition) is 1. The summed E-state index contributed by atoms with van der Waals surface area (Å²) in [6, 6.07) is 13.1. The summed E-state index contributed by atoms with van der Waals surface area (Å²) in [5.74, 6) is 0.665. The lowest BCUT2D eigenvalue weighted by molar-refractivity contribution is 0.340. The van der Waals surface area contributed by atoms with Gasteiger partial charge in [0, 0.05) is 12.1 Å². The molecule has 0 radical (unpaired) electrons. The number of rotatable bonds is 6. The first-order chi connectivity index (χ1) is 9.74. The molecule has 2 nitrogen and oxygen atoms in total. The van der Waals surface area contributed by atoms with E-state index in [0.29, 0.717) is 18.7 Å². The van der Waals surface area contributed by atoms with Crippen LogP contribution >= 0.6 is 0 Å². The van der Waals surface area contributed by atoms with Gasteiger partial charge in [0.1, 0.15) is 11.6 Å². The van der Waals surface area contributed by atoms with E-state index in [1.807, 2.05) is 50.2 Å². The van der Waals surface area contributed by atoms with Gasteiger partial charge < -0.3 is 10.1 Å². The van der Waals surface area contributed by atoms with Crippen LogP contribution in [-0.2, 0) is 6.54 Å². The fraction of sp³-hybridized carbons (Fsp3) is 0.294. The quantitative estimate of drug-likeness (QED) is 0.859. The largest absolute Gasteiger partial charge is 0.494 e. The van der Waals surface area contributed by atoms with Gasteiger partial charge in [-0.15, -0.1) is 0 Å². The van der Waals surface area contributed by atoms with Crippen molar-refractivity contribution < 1.29 is 9.13 Å². The molecule has 0 fully saturated rings. The Morgan fingerprint density at radius 3 is 2.30 bits per heavy atom. The van der Waals surface area contributed by atoms with E-state index >= 15 is 0 Å². The third-order valence-corrected chi connectivity index (χ3v) is 3.12. The second-order valence-corrected chi connectivity index (χ2v) is 4.54. The Morgan fingerprint density at radius 1 is 1.00 bits per heavy atom. The summed E-state index contributed by atoms with van der Waals surface area (Å²) >= 11 is 0. The van der Waals surface area contributed by atoms with Crippen LogP contribution in [-0.4, -0.2) is 13.2 Å². The Labute approximate surface area is 119 Å². The van der Waals surface area contributed by atoms with Crippen LogP contribution in [0.5, 0.6) is 5.75 Å². The van der Waals surface area contributed by atoms with Crippen molar-refractivity contribution in [3.63, 3.8) is 0 Å². The molecule has 0 aromatic heterocycles. The standard InChI is InChI=1S/C17H20FNO/c1-3-19-12-15-6-5-14(11-17(15)18)13-7-9-16(10-8-13)20-4-2/h5-11,19H,3-4,12H2,1-2H3. The zero-order chi connectivity index (χ0) is 14.4. The van der Waals surface area contributed by atoms with Gasteiger partial charge in [-0.25, -0.2) is 4.39 Å². The normalized spacial score (nSPS) is 10.6. The molecule has 106 valence electrons. The van der Waals surface area contributed by atoms with Crippen LogP contribution in [0.3, 0.4) is 0 Å². The number of ether oxygens (including phenoxy) is 1. The zero-order valence-electron chi connectivity index (χ0n) is 11.9. The van der Waals surface area contributed by atoms with Gasteiger partial charge in [-0.2, -0.15) is 0 Å². The van der Waals surface area contributed by atoms with E-state index in [9.17, 15) is 4.39 Å². The first-order valence-corrected chi connectivity index (χ1v) is 6.97. The minimum atomic E-state index is -0.169. The summed E-state index contributed by atoms with van der Waals surface area (Å²) in [6.07, 6.45) is 0. The first kappa shape index (κ1) is 14.5. The highest BCUT2D eigenvalue weighted by molar-refractivity contribution is 5.64. The van der Waals surface area contributed by atoms with Crippen molar-refractivity contribution in [2.24, 2.45) is 0 Å². The molecule has 0 aliphatic rings. The third kappa shape index (κ3) is 3.58. The lowest BCUT2D eigenvalue weighted by atomic mass is 10.0. The predicted octanol–water partition coefficient (Wildman–Crippen LogP) is 4.00. The summed E-state index contributed by atoms with van der Waals surface area (Å²) in [5, 5.41) is 3.13. The van der Waals surface area contributed by atoms with Gasteiger partial charge in [0.25, 0.3) is 0 Å². The lowest BCUT2D eigenvalue weighted by Gasteiger charge is -2.08. The molecule has 2 rings (SSSR count). The van der Waals surface area contributed by atoms with Crippen molar-refractivity contribution in [3.8, 4) is 16.9 Å². The summed E-state index contributed by atoms with van der Waals surface area (Å²) in [6.45, 7) is 6.00. The number of halogens is 1. The molecule has 0 bridgehead atoms. The summed E-state index contributed by atoms with van der Waals surface area (Å²) < 4.78 is 19.4. The maximum atomic E-state index is 14.0. The molecular formula is C17H20FNO. The van der Waals surface area contributed by atoms with Crippen LogP contribution in [0.15, 0.2) is 42.5 Å². The van der Waals surface area contributed by atoms with Crippen molar-refractivity contribution in [3.05, 3.63) is 53.8 Å². The van der Waals surface area contributed by atoms with Crippen LogP contribution in [0.4, 0.5) is 4.39 Å². The van der Waals surface area contributed by atoms with E-state index < -0.39 is 0 Å². The molecule has 0 amide bonds. The second-order valence-electron chi connectivity index (χ2n) is 4.54. The van der Waals surface area contributed by atoms with E-state index in [4.69, 9.17) is 4.74 Å². The van der Waals surface area contributed by atoms with Gasteiger partial charge in [-0.1, -0.05) is 31.2 Å². The SMILES string of the molecule is CCNCc1ccc(-c2ccc(OCC)cc2)cc1F. The summed E-state index contributed by atoms with van der Waals surface area (Å²) in [7, 11) is 0. The highest BCUT2D eigenvalue weighted by atomic mass is 19.1. The molecule has 20 heavy (non-hydrogen) atoms. The van der Waals surface area contributed by atoms with Gasteiger partial charge in [-0.05, 0) is 42.8 Å². The highest BCUT2D eigenvalue weighted by Crippen LogP contribution is 2.24. The highest BCUT2D eigenvalue weighted by Gasteiger charge is 2.05. The topological polar surface area (TPSA) is 21.3 Å². The maximum absolute atomic E-state index is 14.0. The van der Waals surface area contributed by atoms with Gasteiger partial charge in [0.05, 0.1) is 6.61 Å². The molecule has 0 aliphatic carbocycles. The summed E-state index contributed by atoms with van der Waals surface area (Å²) in [5.41, 5.74) is 2.56. The Kier molecular flexibility index (Phi) is 5.13. The van der Waals surface area contributed by atoms with E-state index in [1.165, 1.54) is 0 Å². The summed E-state index contributed by atoms with van der Waals surface area (Å²) in [4.78, 5) is 0. The molecule has 0 saturated heterocycles. The van der Waals surface area contributed by atoms with Crippen LogP contribution in [0.2, 0.25) is 0 Å². The maximum Gasteiger partial charge on any atom is 0.128 e. The Balaban J connectivity index is 2.18. The molecule has 0 unspecified atom stereocenters. The molecule has 2 aromatic carbocycles. The van der Waals surface area contributed by atoms with E-state index in [-0.39, 0.29) is 5.82 Å². The minimum absolute atomic E-state index is 0.169. The molecule has 2 aromatic rings. The molecule has 0 atom stereocenters. The first-order valence-electron chi connectivity index (χ1n) is 6.97. The van der Waals surface area contributed by atoms with Crippen molar-refractivity contribution in [2.75, 3.05) is 13.2 Å². The van der Waals surface area contributed by atoms with Crippen LogP contribution < -0.4 is 10.1 Å². The molecule has 0 aliphatic heterocycles. The Morgan fingerprint density at radius 2 is 1.70 bits per heavy atom. The zero-order valence-corrected chi connectivity index (χ0v) is 11.9. The van der Waals surface area contributed by atoms with Gasteiger partial charge in [-0.3, -0.25) is 0 Å². The van der Waals surface area contributed by atoms with Crippen molar-refractivity contribution in [1.82, 2.24) is 5.32 Å². The van der Waals surface area contributed by atoms with Crippen LogP contribution in [0.25, 0.3) is 11.1 Å². The minimum Gasteiger partial charge on any atom is -0.494 e. The number of benzene rings is 2. The van der Waals surface area contributed by atoms with Crippen LogP contribution in [0, 0.1) is 5.82 Å². The number of nitrogens with one attached hydrogen (secondary N) is 1. The monoisotopic (exact) mass is 273 g/mol. The van der Waals surface area contributed by atoms with Crippen molar-refractivity contribution in [2.45, 2.75) is 20.4 Å². The Hall–Kier alpha value is -1.87.